The molecule has 2 rings (SSSR count). The minimum atomic E-state index is -0.0806. The second-order valence-electron chi connectivity index (χ2n) is 9.67. The molecule has 26 heavy (non-hydrogen) atoms. The SMILES string of the molecule is CC/C=C1\CC(C)(C)CN(C(=O)c2ccccc2O)CC(C)(C)C1(C)C. The third kappa shape index (κ3) is 3.97. The monoisotopic (exact) mass is 357 g/mol. The van der Waals surface area contributed by atoms with Crippen LogP contribution in [0.3, 0.4) is 0 Å². The highest BCUT2D eigenvalue weighted by molar-refractivity contribution is 5.96. The van der Waals surface area contributed by atoms with Gasteiger partial charge in [0.2, 0.25) is 0 Å². The quantitative estimate of drug-likeness (QED) is 0.694. The minimum absolute atomic E-state index is 0.0159. The molecule has 0 unspecified atom stereocenters. The minimum Gasteiger partial charge on any atom is -0.507 e. The van der Waals surface area contributed by atoms with E-state index in [1.165, 1.54) is 5.57 Å². The Balaban J connectivity index is 2.47. The summed E-state index contributed by atoms with van der Waals surface area (Å²) in [6, 6.07) is 6.85. The molecule has 0 bridgehead atoms. The van der Waals surface area contributed by atoms with Gasteiger partial charge in [0, 0.05) is 13.1 Å². The van der Waals surface area contributed by atoms with Gasteiger partial charge in [0.05, 0.1) is 5.56 Å². The molecule has 1 aliphatic rings. The number of carbonyl (C=O) groups is 1. The Morgan fingerprint density at radius 1 is 1.12 bits per heavy atom. The Bertz CT molecular complexity index is 698. The van der Waals surface area contributed by atoms with E-state index < -0.39 is 0 Å². The Kier molecular flexibility index (Phi) is 5.60. The smallest absolute Gasteiger partial charge is 0.257 e. The van der Waals surface area contributed by atoms with Crippen LogP contribution in [-0.2, 0) is 0 Å². The number of phenols is 1. The maximum absolute atomic E-state index is 13.2. The molecule has 0 spiro atoms. The number of benzene rings is 1. The highest BCUT2D eigenvalue weighted by Gasteiger charge is 2.45. The van der Waals surface area contributed by atoms with Crippen molar-refractivity contribution < 1.29 is 9.90 Å². The number of rotatable bonds is 2. The van der Waals surface area contributed by atoms with Gasteiger partial charge in [-0.3, -0.25) is 4.79 Å². The van der Waals surface area contributed by atoms with Gasteiger partial charge in [0.1, 0.15) is 5.75 Å². The molecule has 0 aliphatic carbocycles. The van der Waals surface area contributed by atoms with Crippen molar-refractivity contribution in [3.8, 4) is 5.75 Å². The average Bonchev–Trinajstić information content (AvgIpc) is 2.52. The molecule has 144 valence electrons. The molecule has 1 heterocycles. The highest BCUT2D eigenvalue weighted by Crippen LogP contribution is 2.50. The fourth-order valence-corrected chi connectivity index (χ4v) is 4.02. The maximum Gasteiger partial charge on any atom is 0.257 e. The molecule has 3 heteroatoms. The lowest BCUT2D eigenvalue weighted by molar-refractivity contribution is 0.0274. The van der Waals surface area contributed by atoms with E-state index in [1.807, 2.05) is 4.90 Å². The summed E-state index contributed by atoms with van der Waals surface area (Å²) < 4.78 is 0. The standard InChI is InChI=1S/C23H35NO2/c1-8-11-17-14-21(2,3)15-24(16-22(4,5)23(17,6)7)20(26)18-12-9-10-13-19(18)25/h9-13,25H,8,14-16H2,1-7H3/b17-11+. The lowest BCUT2D eigenvalue weighted by Gasteiger charge is -2.51. The van der Waals surface area contributed by atoms with Crippen molar-refractivity contribution >= 4 is 5.91 Å². The van der Waals surface area contributed by atoms with Crippen molar-refractivity contribution in [2.45, 2.75) is 61.3 Å². The van der Waals surface area contributed by atoms with Crippen molar-refractivity contribution in [2.24, 2.45) is 16.2 Å². The second kappa shape index (κ2) is 7.09. The van der Waals surface area contributed by atoms with E-state index in [2.05, 4.69) is 54.5 Å². The second-order valence-corrected chi connectivity index (χ2v) is 9.67. The molecular weight excluding hydrogens is 322 g/mol. The normalized spacial score (nSPS) is 23.3. The van der Waals surface area contributed by atoms with Crippen LogP contribution in [0.15, 0.2) is 35.9 Å². The van der Waals surface area contributed by atoms with Gasteiger partial charge in [-0.25, -0.2) is 0 Å². The predicted octanol–water partition coefficient (Wildman–Crippen LogP) is 5.65. The topological polar surface area (TPSA) is 40.5 Å². The van der Waals surface area contributed by atoms with Crippen molar-refractivity contribution in [1.82, 2.24) is 4.90 Å². The zero-order chi connectivity index (χ0) is 19.8. The van der Waals surface area contributed by atoms with Crippen molar-refractivity contribution in [2.75, 3.05) is 13.1 Å². The summed E-state index contributed by atoms with van der Waals surface area (Å²) >= 11 is 0. The average molecular weight is 358 g/mol. The Hall–Kier alpha value is -1.77. The third-order valence-electron chi connectivity index (χ3n) is 6.24. The maximum atomic E-state index is 13.2. The van der Waals surface area contributed by atoms with Crippen LogP contribution in [0.5, 0.6) is 5.75 Å². The summed E-state index contributed by atoms with van der Waals surface area (Å²) in [6.45, 7) is 17.1. The molecule has 1 saturated heterocycles. The van der Waals surface area contributed by atoms with Gasteiger partial charge in [0.15, 0.2) is 0 Å². The van der Waals surface area contributed by atoms with Gasteiger partial charge in [-0.15, -0.1) is 0 Å². The van der Waals surface area contributed by atoms with E-state index in [1.54, 1.807) is 24.3 Å². The lowest BCUT2D eigenvalue weighted by Crippen LogP contribution is -2.51. The van der Waals surface area contributed by atoms with Crippen LogP contribution in [0.4, 0.5) is 0 Å². The number of hydrogen-bond donors (Lipinski definition) is 1. The van der Waals surface area contributed by atoms with Crippen molar-refractivity contribution in [3.63, 3.8) is 0 Å². The van der Waals surface area contributed by atoms with Gasteiger partial charge in [0.25, 0.3) is 5.91 Å². The van der Waals surface area contributed by atoms with Gasteiger partial charge >= 0.3 is 0 Å². The first-order valence-corrected chi connectivity index (χ1v) is 9.68. The molecule has 0 aromatic heterocycles. The molecule has 1 aliphatic heterocycles. The summed E-state index contributed by atoms with van der Waals surface area (Å²) in [5.41, 5.74) is 1.77. The molecule has 1 amide bonds. The van der Waals surface area contributed by atoms with Gasteiger partial charge in [-0.1, -0.05) is 72.2 Å². The molecule has 1 N–H and O–H groups in total. The van der Waals surface area contributed by atoms with Crippen LogP contribution < -0.4 is 0 Å². The molecule has 0 saturated carbocycles. The molecule has 1 aromatic rings. The van der Waals surface area contributed by atoms with E-state index in [9.17, 15) is 9.90 Å². The fourth-order valence-electron chi connectivity index (χ4n) is 4.02. The Morgan fingerprint density at radius 2 is 1.73 bits per heavy atom. The fraction of sp³-hybridized carbons (Fsp3) is 0.609. The molecule has 1 fully saturated rings. The van der Waals surface area contributed by atoms with Crippen LogP contribution in [0, 0.1) is 16.2 Å². The summed E-state index contributed by atoms with van der Waals surface area (Å²) in [5.74, 6) is -0.0241. The van der Waals surface area contributed by atoms with Crippen LogP contribution in [0.1, 0.15) is 71.7 Å². The summed E-state index contributed by atoms with van der Waals surface area (Å²) in [6.07, 6.45) is 4.39. The van der Waals surface area contributed by atoms with Gasteiger partial charge in [-0.05, 0) is 41.2 Å². The Morgan fingerprint density at radius 3 is 2.31 bits per heavy atom. The number of phenolic OH excluding ortho intramolecular Hbond substituents is 1. The number of amides is 1. The number of likely N-dealkylation sites (tertiary alicyclic amines) is 1. The van der Waals surface area contributed by atoms with E-state index >= 15 is 0 Å². The zero-order valence-corrected chi connectivity index (χ0v) is 17.5. The number of allylic oxidation sites excluding steroid dienone is 2. The van der Waals surface area contributed by atoms with Crippen LogP contribution in [0.2, 0.25) is 0 Å². The van der Waals surface area contributed by atoms with Crippen LogP contribution >= 0.6 is 0 Å². The molecule has 3 nitrogen and oxygen atoms in total. The number of para-hydroxylation sites is 1. The van der Waals surface area contributed by atoms with E-state index in [0.717, 1.165) is 12.8 Å². The van der Waals surface area contributed by atoms with Crippen LogP contribution in [-0.4, -0.2) is 29.0 Å². The first-order valence-electron chi connectivity index (χ1n) is 9.68. The van der Waals surface area contributed by atoms with E-state index in [0.29, 0.717) is 18.7 Å². The van der Waals surface area contributed by atoms with E-state index in [-0.39, 0.29) is 27.9 Å². The van der Waals surface area contributed by atoms with Crippen molar-refractivity contribution in [3.05, 3.63) is 41.5 Å². The number of carbonyl (C=O) groups excluding carboxylic acids is 1. The Labute approximate surface area is 159 Å². The molecule has 1 aromatic carbocycles. The molecular formula is C23H35NO2. The number of hydrogen-bond acceptors (Lipinski definition) is 2. The summed E-state index contributed by atoms with van der Waals surface area (Å²) in [4.78, 5) is 15.2. The predicted molar refractivity (Wildman–Crippen MR) is 108 cm³/mol. The zero-order valence-electron chi connectivity index (χ0n) is 17.5. The van der Waals surface area contributed by atoms with Gasteiger partial charge in [-0.2, -0.15) is 0 Å². The lowest BCUT2D eigenvalue weighted by atomic mass is 9.59. The molecule has 0 atom stereocenters. The van der Waals surface area contributed by atoms with Crippen LogP contribution in [0.25, 0.3) is 0 Å². The summed E-state index contributed by atoms with van der Waals surface area (Å²) in [5, 5.41) is 10.2. The third-order valence-corrected chi connectivity index (χ3v) is 6.24. The first-order chi connectivity index (χ1) is 11.9. The first kappa shape index (κ1) is 20.5. The van der Waals surface area contributed by atoms with Crippen molar-refractivity contribution in [1.29, 1.82) is 0 Å². The van der Waals surface area contributed by atoms with Gasteiger partial charge < -0.3 is 10.0 Å². The highest BCUT2D eigenvalue weighted by atomic mass is 16.3. The number of aromatic hydroxyl groups is 1. The number of nitrogens with zero attached hydrogens (tertiary/aromatic N) is 1. The largest absolute Gasteiger partial charge is 0.507 e. The summed E-state index contributed by atoms with van der Waals surface area (Å²) in [7, 11) is 0. The molecule has 0 radical (unpaired) electrons. The van der Waals surface area contributed by atoms with E-state index in [4.69, 9.17) is 0 Å².